The van der Waals surface area contributed by atoms with Crippen molar-refractivity contribution in [3.8, 4) is 0 Å². The van der Waals surface area contributed by atoms with E-state index in [1.807, 2.05) is 13.8 Å². The summed E-state index contributed by atoms with van der Waals surface area (Å²) in [6.45, 7) is 5.74. The summed E-state index contributed by atoms with van der Waals surface area (Å²) in [6.07, 6.45) is 6.49. The monoisotopic (exact) mass is 402 g/mol. The Morgan fingerprint density at radius 2 is 1.93 bits per heavy atom. The number of Topliss-reactive ketones (excluding diaryl/α,β-unsaturated/α-hetero) is 1. The first-order valence-corrected chi connectivity index (χ1v) is 10.8. The highest BCUT2D eigenvalue weighted by molar-refractivity contribution is 6.18. The third-order valence-electron chi connectivity index (χ3n) is 7.02. The smallest absolute Gasteiger partial charge is 0.341 e. The Hall–Kier alpha value is -1.95. The number of carbonyl (C=O) groups excluding carboxylic acids is 3. The van der Waals surface area contributed by atoms with Crippen molar-refractivity contribution < 1.29 is 29.0 Å². The molecule has 8 atom stereocenters. The number of aliphatic hydroxyl groups excluding tert-OH is 1. The van der Waals surface area contributed by atoms with Crippen LogP contribution in [0.2, 0.25) is 0 Å². The molecule has 6 nitrogen and oxygen atoms in total. The molecule has 5 aliphatic rings. The van der Waals surface area contributed by atoms with E-state index in [1.54, 1.807) is 6.08 Å². The minimum absolute atomic E-state index is 0.0467. The Morgan fingerprint density at radius 1 is 1.17 bits per heavy atom. The second-order valence-corrected chi connectivity index (χ2v) is 9.50. The molecule has 158 valence electrons. The Bertz CT molecular complexity index is 745. The summed E-state index contributed by atoms with van der Waals surface area (Å²) in [6, 6.07) is 0. The zero-order valence-electron chi connectivity index (χ0n) is 17.2. The van der Waals surface area contributed by atoms with Crippen molar-refractivity contribution in [2.45, 2.75) is 64.8 Å². The van der Waals surface area contributed by atoms with Gasteiger partial charge in [0.1, 0.15) is 12.2 Å². The summed E-state index contributed by atoms with van der Waals surface area (Å²) < 4.78 is 11.2. The average molecular weight is 402 g/mol. The number of ether oxygens (including phenoxy) is 2. The molecule has 6 heteroatoms. The van der Waals surface area contributed by atoms with E-state index in [9.17, 15) is 19.5 Å². The molecule has 0 amide bonds. The number of hydrogen-bond acceptors (Lipinski definition) is 6. The molecule has 0 radical (unpaired) electrons. The largest absolute Gasteiger partial charge is 0.461 e. The molecule has 1 N–H and O–H groups in total. The van der Waals surface area contributed by atoms with Crippen molar-refractivity contribution in [1.82, 2.24) is 0 Å². The van der Waals surface area contributed by atoms with Gasteiger partial charge in [-0.25, -0.2) is 4.79 Å². The Morgan fingerprint density at radius 3 is 2.62 bits per heavy atom. The number of ketones is 1. The van der Waals surface area contributed by atoms with E-state index in [-0.39, 0.29) is 65.4 Å². The van der Waals surface area contributed by atoms with Crippen LogP contribution in [-0.4, -0.2) is 41.1 Å². The highest BCUT2D eigenvalue weighted by Crippen LogP contribution is 2.50. The van der Waals surface area contributed by atoms with E-state index in [0.29, 0.717) is 12.8 Å². The van der Waals surface area contributed by atoms with Gasteiger partial charge < -0.3 is 14.6 Å². The van der Waals surface area contributed by atoms with Crippen LogP contribution in [0.15, 0.2) is 23.8 Å². The maximum atomic E-state index is 12.6. The topological polar surface area (TPSA) is 89.9 Å². The summed E-state index contributed by atoms with van der Waals surface area (Å²) in [5, 5.41) is 10.6. The summed E-state index contributed by atoms with van der Waals surface area (Å²) in [5.41, 5.74) is 0.150. The van der Waals surface area contributed by atoms with Gasteiger partial charge in [-0.15, -0.1) is 0 Å². The van der Waals surface area contributed by atoms with Crippen molar-refractivity contribution >= 4 is 17.7 Å². The van der Waals surface area contributed by atoms with E-state index in [1.165, 1.54) is 0 Å². The van der Waals surface area contributed by atoms with Crippen molar-refractivity contribution in [3.05, 3.63) is 23.8 Å². The molecule has 2 heterocycles. The predicted molar refractivity (Wildman–Crippen MR) is 104 cm³/mol. The van der Waals surface area contributed by atoms with Gasteiger partial charge in [0, 0.05) is 18.8 Å². The summed E-state index contributed by atoms with van der Waals surface area (Å²) in [7, 11) is 0. The van der Waals surface area contributed by atoms with Gasteiger partial charge >= 0.3 is 11.9 Å². The van der Waals surface area contributed by atoms with E-state index < -0.39 is 18.2 Å². The highest BCUT2D eigenvalue weighted by Gasteiger charge is 2.49. The normalized spacial score (nSPS) is 43.3. The molecule has 2 aliphatic heterocycles. The van der Waals surface area contributed by atoms with Crippen molar-refractivity contribution in [3.63, 3.8) is 0 Å². The number of esters is 2. The molecular weight excluding hydrogens is 372 g/mol. The maximum Gasteiger partial charge on any atom is 0.341 e. The van der Waals surface area contributed by atoms with Crippen LogP contribution in [0.5, 0.6) is 0 Å². The molecule has 0 unspecified atom stereocenters. The fraction of sp³-hybridized carbons (Fsp3) is 0.696. The lowest BCUT2D eigenvalue weighted by Gasteiger charge is -2.39. The fourth-order valence-electron chi connectivity index (χ4n) is 5.56. The minimum Gasteiger partial charge on any atom is -0.461 e. The zero-order chi connectivity index (χ0) is 20.9. The molecule has 0 aromatic rings. The summed E-state index contributed by atoms with van der Waals surface area (Å²) in [4.78, 5) is 37.3. The van der Waals surface area contributed by atoms with E-state index in [2.05, 4.69) is 19.1 Å². The molecule has 0 spiro atoms. The zero-order valence-corrected chi connectivity index (χ0v) is 17.2. The molecule has 1 saturated carbocycles. The number of rotatable bonds is 2. The van der Waals surface area contributed by atoms with Crippen LogP contribution >= 0.6 is 0 Å². The first kappa shape index (κ1) is 20.3. The maximum absolute atomic E-state index is 12.6. The molecule has 3 aliphatic carbocycles. The molecule has 29 heavy (non-hydrogen) atoms. The Kier molecular flexibility index (Phi) is 5.40. The van der Waals surface area contributed by atoms with Crippen molar-refractivity contribution in [1.29, 1.82) is 0 Å². The first-order chi connectivity index (χ1) is 13.7. The van der Waals surface area contributed by atoms with Crippen LogP contribution in [0.25, 0.3) is 0 Å². The lowest BCUT2D eigenvalue weighted by Crippen LogP contribution is -2.40. The predicted octanol–water partition coefficient (Wildman–Crippen LogP) is 2.59. The fourth-order valence-corrected chi connectivity index (χ4v) is 5.56. The van der Waals surface area contributed by atoms with Gasteiger partial charge in [-0.1, -0.05) is 39.0 Å². The Labute approximate surface area is 171 Å². The number of hydrogen-bond donors (Lipinski definition) is 1. The van der Waals surface area contributed by atoms with Gasteiger partial charge in [-0.3, -0.25) is 9.59 Å². The molecule has 2 fully saturated rings. The van der Waals surface area contributed by atoms with Crippen LogP contribution < -0.4 is 0 Å². The molecule has 0 aromatic heterocycles. The van der Waals surface area contributed by atoms with Crippen LogP contribution in [0.1, 0.15) is 46.5 Å². The van der Waals surface area contributed by atoms with Gasteiger partial charge in [0.15, 0.2) is 5.78 Å². The van der Waals surface area contributed by atoms with E-state index in [0.717, 1.165) is 6.42 Å². The summed E-state index contributed by atoms with van der Waals surface area (Å²) >= 11 is 0. The average Bonchev–Trinajstić information content (AvgIpc) is 2.94. The third-order valence-corrected chi connectivity index (χ3v) is 7.02. The molecule has 5 rings (SSSR count). The number of carbonyl (C=O) groups is 3. The number of fused-ring (bicyclic) bond motifs is 5. The number of allylic oxidation sites excluding steroid dienone is 2. The van der Waals surface area contributed by atoms with Crippen molar-refractivity contribution in [2.75, 3.05) is 0 Å². The van der Waals surface area contributed by atoms with Gasteiger partial charge in [-0.05, 0) is 36.5 Å². The second kappa shape index (κ2) is 7.71. The van der Waals surface area contributed by atoms with Crippen LogP contribution in [0.3, 0.4) is 0 Å². The lowest BCUT2D eigenvalue weighted by molar-refractivity contribution is -0.156. The molecule has 0 aromatic carbocycles. The van der Waals surface area contributed by atoms with E-state index >= 15 is 0 Å². The standard InChI is InChI=1S/C23H30O6/c1-11(2)22(26)29-21-12(3)6-18-16(21)5-4-13-7-14(24)8-15-9-20(25)19(10-17(13)18)23(27)28-15/h4-5,10-18,21,24H,6-9H2,1-3H3/b19-10-/t12-,13-,14+,15-,16-,17+,18-,21-/m0/s1. The minimum atomic E-state index is -0.629. The van der Waals surface area contributed by atoms with Crippen LogP contribution in [-0.2, 0) is 23.9 Å². The third kappa shape index (κ3) is 3.79. The molecule has 1 saturated heterocycles. The lowest BCUT2D eigenvalue weighted by atomic mass is 9.68. The highest BCUT2D eigenvalue weighted by atomic mass is 16.5. The quantitative estimate of drug-likeness (QED) is 0.434. The first-order valence-electron chi connectivity index (χ1n) is 10.8. The second-order valence-electron chi connectivity index (χ2n) is 9.50. The van der Waals surface area contributed by atoms with Crippen molar-refractivity contribution in [2.24, 2.45) is 35.5 Å². The van der Waals surface area contributed by atoms with Gasteiger partial charge in [0.2, 0.25) is 0 Å². The SMILES string of the molecule is CC(C)C(=O)O[C@@H]1[C@H]2C=C[C@H]3C[C@@H](O)C[C@H]4CC(=O)/C(=C/[C@H]3[C@H]2C[C@@H]1C)C(=O)O4. The van der Waals surface area contributed by atoms with Gasteiger partial charge in [0.05, 0.1) is 17.6 Å². The van der Waals surface area contributed by atoms with Gasteiger partial charge in [0.25, 0.3) is 0 Å². The molecule has 2 bridgehead atoms. The van der Waals surface area contributed by atoms with Crippen LogP contribution in [0, 0.1) is 35.5 Å². The van der Waals surface area contributed by atoms with Crippen LogP contribution in [0.4, 0.5) is 0 Å². The van der Waals surface area contributed by atoms with Gasteiger partial charge in [-0.2, -0.15) is 0 Å². The van der Waals surface area contributed by atoms with E-state index in [4.69, 9.17) is 9.47 Å². The number of aliphatic hydroxyl groups is 1. The summed E-state index contributed by atoms with van der Waals surface area (Å²) in [5.74, 6) is -0.775. The molecular formula is C23H30O6. The Balaban J connectivity index is 1.68.